The fourth-order valence-corrected chi connectivity index (χ4v) is 10.4. The molecule has 7 nitrogen and oxygen atoms in total. The number of nitrogens with zero attached hydrogens (tertiary/aromatic N) is 3. The Balaban J connectivity index is 0.00000888. The number of carbonyl (C=O) groups excluding carboxylic acids is 2. The van der Waals surface area contributed by atoms with E-state index in [0.29, 0.717) is 37.3 Å². The van der Waals surface area contributed by atoms with Crippen molar-refractivity contribution < 1.29 is 52.7 Å². The molecule has 0 bridgehead atoms. The first-order chi connectivity index (χ1) is 34.6. The van der Waals surface area contributed by atoms with Crippen LogP contribution in [0.4, 0.5) is 0 Å². The number of halogens is 2. The Kier molecular flexibility index (Phi) is 38.7. The molecule has 0 atom stereocenters. The summed E-state index contributed by atoms with van der Waals surface area (Å²) in [5.41, 5.74) is 4.34. The summed E-state index contributed by atoms with van der Waals surface area (Å²) >= 11 is 0. The van der Waals surface area contributed by atoms with Crippen LogP contribution in [0.1, 0.15) is 238 Å². The van der Waals surface area contributed by atoms with Crippen LogP contribution in [0.2, 0.25) is 0 Å². The van der Waals surface area contributed by atoms with Crippen molar-refractivity contribution in [2.45, 2.75) is 245 Å². The van der Waals surface area contributed by atoms with Crippen LogP contribution in [0.25, 0.3) is 0 Å². The lowest BCUT2D eigenvalue weighted by Crippen LogP contribution is -3.00. The zero-order valence-corrected chi connectivity index (χ0v) is 49.0. The second kappa shape index (κ2) is 43.0. The molecule has 1 aromatic carbocycles. The van der Waals surface area contributed by atoms with Crippen LogP contribution in [-0.2, 0) is 22.7 Å². The molecular formula is C63H101Br2N5O2. The van der Waals surface area contributed by atoms with Gasteiger partial charge in [-0.05, 0) is 24.8 Å². The molecule has 72 heavy (non-hydrogen) atoms. The molecule has 3 aromatic rings. The van der Waals surface area contributed by atoms with Gasteiger partial charge in [-0.2, -0.15) is 9.13 Å². The number of nitrogens with one attached hydrogen (secondary N) is 2. The number of amides is 2. The second-order valence-electron chi connectivity index (χ2n) is 20.6. The van der Waals surface area contributed by atoms with Gasteiger partial charge >= 0.3 is 0 Å². The number of rotatable bonds is 42. The largest absolute Gasteiger partial charge is 1.00 e. The third kappa shape index (κ3) is 26.3. The van der Waals surface area contributed by atoms with Gasteiger partial charge in [-0.25, -0.2) is 0 Å². The third-order valence-corrected chi connectivity index (χ3v) is 14.6. The average Bonchev–Trinajstić information content (AvgIpc) is 3.38. The van der Waals surface area contributed by atoms with Crippen LogP contribution in [-0.4, -0.2) is 36.3 Å². The molecule has 3 heterocycles. The molecule has 1 aliphatic heterocycles. The Morgan fingerprint density at radius 1 is 0.403 bits per heavy atom. The highest BCUT2D eigenvalue weighted by molar-refractivity contribution is 6.03. The van der Waals surface area contributed by atoms with Gasteiger partial charge in [0.2, 0.25) is 11.8 Å². The highest BCUT2D eigenvalue weighted by atomic mass is 79.9. The van der Waals surface area contributed by atoms with Crippen molar-refractivity contribution in [1.29, 1.82) is 0 Å². The maximum Gasteiger partial charge on any atom is 0.250 e. The van der Waals surface area contributed by atoms with E-state index in [2.05, 4.69) is 119 Å². The molecule has 0 unspecified atom stereocenters. The highest BCUT2D eigenvalue weighted by Gasteiger charge is 2.43. The van der Waals surface area contributed by atoms with Crippen LogP contribution >= 0.6 is 0 Å². The maximum absolute atomic E-state index is 15.2. The van der Waals surface area contributed by atoms with Crippen molar-refractivity contribution in [3.8, 4) is 0 Å². The minimum Gasteiger partial charge on any atom is -1.00 e. The van der Waals surface area contributed by atoms with Gasteiger partial charge in [0, 0.05) is 49.8 Å². The van der Waals surface area contributed by atoms with E-state index >= 15 is 9.59 Å². The summed E-state index contributed by atoms with van der Waals surface area (Å²) in [7, 11) is 0. The Morgan fingerprint density at radius 2 is 0.694 bits per heavy atom. The van der Waals surface area contributed by atoms with E-state index in [9.17, 15) is 0 Å². The van der Waals surface area contributed by atoms with Gasteiger partial charge in [0.05, 0.1) is 22.5 Å². The summed E-state index contributed by atoms with van der Waals surface area (Å²) in [5, 5.41) is 6.88. The van der Waals surface area contributed by atoms with Crippen LogP contribution in [0.15, 0.2) is 114 Å². The Labute approximate surface area is 461 Å². The fourth-order valence-electron chi connectivity index (χ4n) is 10.4. The van der Waals surface area contributed by atoms with Crippen LogP contribution in [0.3, 0.4) is 0 Å². The number of hydrogen-bond donors (Lipinski definition) is 2. The predicted molar refractivity (Wildman–Crippen MR) is 294 cm³/mol. The number of hydrogen-bond acceptors (Lipinski definition) is 3. The first-order valence-corrected chi connectivity index (χ1v) is 29.3. The molecule has 4 rings (SSSR count). The van der Waals surface area contributed by atoms with E-state index in [1.165, 1.54) is 154 Å². The number of allylic oxidation sites excluding steroid dienone is 2. The minimum atomic E-state index is -0.528. The van der Waals surface area contributed by atoms with Crippen molar-refractivity contribution in [2.75, 3.05) is 19.6 Å². The normalized spacial score (nSPS) is 12.7. The zero-order chi connectivity index (χ0) is 49.5. The molecule has 2 aromatic heterocycles. The van der Waals surface area contributed by atoms with Crippen molar-refractivity contribution in [3.63, 3.8) is 0 Å². The lowest BCUT2D eigenvalue weighted by molar-refractivity contribution is -0.694. The summed E-state index contributed by atoms with van der Waals surface area (Å²) in [6.45, 7) is 9.86. The van der Waals surface area contributed by atoms with Gasteiger partial charge in [0.25, 0.3) is 0 Å². The van der Waals surface area contributed by atoms with Gasteiger partial charge in [-0.3, -0.25) is 9.59 Å². The average molecular weight is 1120 g/mol. The second-order valence-corrected chi connectivity index (χ2v) is 20.6. The summed E-state index contributed by atoms with van der Waals surface area (Å²) < 4.78 is 4.37. The monoisotopic (exact) mass is 1120 g/mol. The molecule has 0 saturated carbocycles. The minimum absolute atomic E-state index is 0. The summed E-state index contributed by atoms with van der Waals surface area (Å²) in [5.74, 6) is -0.644. The first kappa shape index (κ1) is 64.8. The topological polar surface area (TPSA) is 69.2 Å². The Morgan fingerprint density at radius 3 is 1.03 bits per heavy atom. The van der Waals surface area contributed by atoms with Gasteiger partial charge in [0.15, 0.2) is 37.9 Å². The smallest absolute Gasteiger partial charge is 0.250 e. The number of carbonyl (C=O) groups is 2. The van der Waals surface area contributed by atoms with Gasteiger partial charge < -0.3 is 49.5 Å². The van der Waals surface area contributed by atoms with E-state index in [0.717, 1.165) is 74.9 Å². The Bertz CT molecular complexity index is 1750. The van der Waals surface area contributed by atoms with Gasteiger partial charge in [-0.15, -0.1) is 0 Å². The van der Waals surface area contributed by atoms with Crippen LogP contribution < -0.4 is 53.7 Å². The van der Waals surface area contributed by atoms with Crippen molar-refractivity contribution in [3.05, 3.63) is 120 Å². The molecule has 0 saturated heterocycles. The van der Waals surface area contributed by atoms with Gasteiger partial charge in [-0.1, -0.05) is 249 Å². The van der Waals surface area contributed by atoms with E-state index < -0.39 is 5.92 Å². The lowest BCUT2D eigenvalue weighted by atomic mass is 9.78. The van der Waals surface area contributed by atoms with E-state index in [1.807, 2.05) is 18.2 Å². The van der Waals surface area contributed by atoms with E-state index in [-0.39, 0.29) is 45.8 Å². The molecular weight excluding hydrogens is 1020 g/mol. The Hall–Kier alpha value is -3.30. The van der Waals surface area contributed by atoms with Crippen LogP contribution in [0.5, 0.6) is 0 Å². The van der Waals surface area contributed by atoms with Gasteiger partial charge in [0.1, 0.15) is 0 Å². The third-order valence-electron chi connectivity index (χ3n) is 14.6. The number of pyridine rings is 2. The van der Waals surface area contributed by atoms with E-state index in [1.54, 1.807) is 0 Å². The molecule has 1 aliphatic rings. The zero-order valence-electron chi connectivity index (χ0n) is 45.8. The molecule has 0 radical (unpaired) electrons. The fraction of sp³-hybridized carbons (Fsp3) is 0.651. The number of aromatic nitrogens is 2. The highest BCUT2D eigenvalue weighted by Crippen LogP contribution is 2.43. The van der Waals surface area contributed by atoms with Crippen molar-refractivity contribution in [1.82, 2.24) is 15.5 Å². The summed E-state index contributed by atoms with van der Waals surface area (Å²) in [6, 6.07) is 22.7. The maximum atomic E-state index is 15.2. The number of unbranched alkanes of at least 4 members (excludes halogenated alkanes) is 29. The molecule has 0 fully saturated rings. The quantitative estimate of drug-likeness (QED) is 0.0440. The summed E-state index contributed by atoms with van der Waals surface area (Å²) in [6.07, 6.45) is 49.2. The standard InChI is InChI=1S/C63H99N5O2.2BrH/c1-4-7-10-13-15-17-19-21-23-25-27-29-31-38-47-64-62(69)60-57(54-66-49-40-34-41-50-66)68(53-44-12-9-6-3)58(55-67-51-42-35-43-52-67)61(59(60)56-45-36-33-37-46-56)63(70)65-48-39-32-30-28-26-24-22-20-18-16-14-11-8-5-2;;/h33-37,40-43,45-46,49-52,59H,4-32,38-39,44,47-48,53-55H2,1-3H3;2*1H. The molecule has 404 valence electrons. The molecule has 0 aliphatic carbocycles. The molecule has 0 spiro atoms. The SMILES string of the molecule is CCCCCCCCCCCCCCCCNC(=O)C1=C(C[n+]2ccccc2)N(CCCCCC)C(C[n+]2ccccc2)=C(C(=O)NCCCCCCCCCCCCCCCC)C1c1ccccc1.[Br-].[Br-]. The summed E-state index contributed by atoms with van der Waals surface area (Å²) in [4.78, 5) is 32.8. The number of benzene rings is 1. The molecule has 2 amide bonds. The van der Waals surface area contributed by atoms with Crippen LogP contribution in [0, 0.1) is 0 Å². The molecule has 2 N–H and O–H groups in total. The molecule has 9 heteroatoms. The van der Waals surface area contributed by atoms with E-state index in [4.69, 9.17) is 0 Å². The first-order valence-electron chi connectivity index (χ1n) is 29.3. The van der Waals surface area contributed by atoms with Crippen molar-refractivity contribution in [2.24, 2.45) is 0 Å². The predicted octanol–water partition coefficient (Wildman–Crippen LogP) is 9.35. The van der Waals surface area contributed by atoms with Crippen molar-refractivity contribution >= 4 is 11.8 Å². The lowest BCUT2D eigenvalue weighted by Gasteiger charge is -2.39.